The zero-order valence-electron chi connectivity index (χ0n) is 11.8. The van der Waals surface area contributed by atoms with E-state index in [2.05, 4.69) is 15.9 Å². The molecule has 0 spiro atoms. The number of nitrogens with zero attached hydrogens (tertiary/aromatic N) is 1. The summed E-state index contributed by atoms with van der Waals surface area (Å²) in [6, 6.07) is 0.226. The van der Waals surface area contributed by atoms with Crippen LogP contribution in [0.15, 0.2) is 0 Å². The largest absolute Gasteiger partial charge is 0.214 e. The van der Waals surface area contributed by atoms with Crippen LogP contribution in [0.4, 0.5) is 0 Å². The summed E-state index contributed by atoms with van der Waals surface area (Å²) in [4.78, 5) is 0. The maximum atomic E-state index is 12.5. The van der Waals surface area contributed by atoms with E-state index in [0.29, 0.717) is 11.9 Å². The van der Waals surface area contributed by atoms with Gasteiger partial charge in [0.1, 0.15) is 0 Å². The molecular formula is C13H26BrNO2S. The molecule has 5 heteroatoms. The zero-order valence-corrected chi connectivity index (χ0v) is 14.2. The number of alkyl halides is 1. The van der Waals surface area contributed by atoms with Crippen LogP contribution >= 0.6 is 15.9 Å². The number of hydrogen-bond acceptors (Lipinski definition) is 2. The maximum absolute atomic E-state index is 12.5. The number of halogens is 1. The molecule has 0 bridgehead atoms. The molecule has 0 amide bonds. The minimum Gasteiger partial charge on any atom is -0.212 e. The van der Waals surface area contributed by atoms with E-state index in [9.17, 15) is 8.42 Å². The molecule has 0 aromatic carbocycles. The highest BCUT2D eigenvalue weighted by Crippen LogP contribution is 2.27. The fourth-order valence-corrected chi connectivity index (χ4v) is 5.54. The Morgan fingerprint density at radius 3 is 2.17 bits per heavy atom. The summed E-state index contributed by atoms with van der Waals surface area (Å²) in [6.07, 6.45) is 5.62. The predicted molar refractivity (Wildman–Crippen MR) is 80.6 cm³/mol. The van der Waals surface area contributed by atoms with Crippen molar-refractivity contribution in [1.29, 1.82) is 0 Å². The van der Waals surface area contributed by atoms with E-state index >= 15 is 0 Å². The summed E-state index contributed by atoms with van der Waals surface area (Å²) < 4.78 is 26.8. The third-order valence-corrected chi connectivity index (χ3v) is 6.04. The fourth-order valence-electron chi connectivity index (χ4n) is 2.63. The van der Waals surface area contributed by atoms with Crippen LogP contribution in [-0.2, 0) is 10.0 Å². The molecule has 1 fully saturated rings. The molecule has 0 atom stereocenters. The molecule has 0 radical (unpaired) electrons. The first-order valence-corrected chi connectivity index (χ1v) is 9.55. The van der Waals surface area contributed by atoms with Crippen molar-refractivity contribution in [3.8, 4) is 0 Å². The lowest BCUT2D eigenvalue weighted by molar-refractivity contribution is 0.259. The molecule has 0 aromatic rings. The van der Waals surface area contributed by atoms with Gasteiger partial charge in [-0.1, -0.05) is 56.0 Å². The van der Waals surface area contributed by atoms with Gasteiger partial charge >= 0.3 is 0 Å². The minimum absolute atomic E-state index is 0.182. The topological polar surface area (TPSA) is 37.4 Å². The van der Waals surface area contributed by atoms with Gasteiger partial charge in [-0.25, -0.2) is 8.42 Å². The highest BCUT2D eigenvalue weighted by molar-refractivity contribution is 9.09. The highest BCUT2D eigenvalue weighted by Gasteiger charge is 2.33. The molecule has 108 valence electrons. The number of rotatable bonds is 5. The lowest BCUT2D eigenvalue weighted by atomic mass is 9.95. The Bertz CT molecular complexity index is 342. The second kappa shape index (κ2) is 6.71. The summed E-state index contributed by atoms with van der Waals surface area (Å²) in [5.74, 6) is 0.240. The van der Waals surface area contributed by atoms with Crippen LogP contribution in [0.3, 0.4) is 0 Å². The zero-order chi connectivity index (χ0) is 13.8. The maximum Gasteiger partial charge on any atom is 0.214 e. The van der Waals surface area contributed by atoms with Crippen molar-refractivity contribution in [2.24, 2.45) is 5.41 Å². The second-order valence-electron chi connectivity index (χ2n) is 6.41. The van der Waals surface area contributed by atoms with Crippen molar-refractivity contribution >= 4 is 26.0 Å². The van der Waals surface area contributed by atoms with E-state index in [1.165, 1.54) is 6.42 Å². The quantitative estimate of drug-likeness (QED) is 0.720. The Morgan fingerprint density at radius 1 is 1.17 bits per heavy atom. The lowest BCUT2D eigenvalue weighted by Crippen LogP contribution is -2.45. The molecule has 1 aliphatic carbocycles. The minimum atomic E-state index is -3.14. The summed E-state index contributed by atoms with van der Waals surface area (Å²) >= 11 is 3.38. The van der Waals surface area contributed by atoms with Gasteiger partial charge in [-0.2, -0.15) is 4.31 Å². The Labute approximate surface area is 121 Å². The molecule has 1 aliphatic rings. The van der Waals surface area contributed by atoms with Gasteiger partial charge in [-0.3, -0.25) is 0 Å². The van der Waals surface area contributed by atoms with Gasteiger partial charge in [0.2, 0.25) is 10.0 Å². The van der Waals surface area contributed by atoms with Gasteiger partial charge in [0.25, 0.3) is 0 Å². The molecule has 1 saturated carbocycles. The van der Waals surface area contributed by atoms with Crippen LogP contribution in [0.25, 0.3) is 0 Å². The van der Waals surface area contributed by atoms with Crippen molar-refractivity contribution < 1.29 is 8.42 Å². The normalized spacial score (nSPS) is 19.4. The van der Waals surface area contributed by atoms with Gasteiger partial charge in [0.15, 0.2) is 0 Å². The molecule has 0 aromatic heterocycles. The number of hydrogen-bond donors (Lipinski definition) is 0. The van der Waals surface area contributed by atoms with Crippen LogP contribution in [0.1, 0.15) is 52.9 Å². The first-order valence-electron chi connectivity index (χ1n) is 6.82. The summed E-state index contributed by atoms with van der Waals surface area (Å²) in [7, 11) is -3.14. The van der Waals surface area contributed by atoms with Crippen LogP contribution < -0.4 is 0 Å². The van der Waals surface area contributed by atoms with E-state index in [0.717, 1.165) is 25.7 Å². The molecule has 0 heterocycles. The van der Waals surface area contributed by atoms with E-state index in [-0.39, 0.29) is 17.2 Å². The Hall–Kier alpha value is 0.390. The van der Waals surface area contributed by atoms with Crippen LogP contribution in [0.2, 0.25) is 0 Å². The molecule has 0 unspecified atom stereocenters. The molecular weight excluding hydrogens is 314 g/mol. The first kappa shape index (κ1) is 16.4. The van der Waals surface area contributed by atoms with E-state index in [4.69, 9.17) is 0 Å². The van der Waals surface area contributed by atoms with Gasteiger partial charge in [0, 0.05) is 17.9 Å². The van der Waals surface area contributed by atoms with Crippen LogP contribution in [0.5, 0.6) is 0 Å². The smallest absolute Gasteiger partial charge is 0.212 e. The summed E-state index contributed by atoms with van der Waals surface area (Å²) in [5.41, 5.74) is -0.182. The van der Waals surface area contributed by atoms with Gasteiger partial charge in [-0.05, 0) is 18.3 Å². The fraction of sp³-hybridized carbons (Fsp3) is 1.00. The van der Waals surface area contributed by atoms with Crippen molar-refractivity contribution in [2.45, 2.75) is 58.9 Å². The van der Waals surface area contributed by atoms with Crippen molar-refractivity contribution in [1.82, 2.24) is 4.31 Å². The van der Waals surface area contributed by atoms with Gasteiger partial charge in [-0.15, -0.1) is 0 Å². The average molecular weight is 340 g/mol. The highest BCUT2D eigenvalue weighted by atomic mass is 79.9. The lowest BCUT2D eigenvalue weighted by Gasteiger charge is -2.34. The molecule has 3 nitrogen and oxygen atoms in total. The van der Waals surface area contributed by atoms with Crippen LogP contribution in [-0.4, -0.2) is 36.4 Å². The molecule has 0 N–H and O–H groups in total. The molecule has 0 aliphatic heterocycles. The molecule has 18 heavy (non-hydrogen) atoms. The summed E-state index contributed by atoms with van der Waals surface area (Å²) in [5, 5.41) is 0.715. The van der Waals surface area contributed by atoms with Gasteiger partial charge < -0.3 is 0 Å². The second-order valence-corrected chi connectivity index (χ2v) is 9.12. The van der Waals surface area contributed by atoms with E-state index < -0.39 is 10.0 Å². The average Bonchev–Trinajstić information content (AvgIpc) is 2.23. The predicted octanol–water partition coefficient (Wildman–Crippen LogP) is 3.39. The third-order valence-electron chi connectivity index (χ3n) is 3.26. The molecule has 0 saturated heterocycles. The van der Waals surface area contributed by atoms with Crippen LogP contribution in [0, 0.1) is 5.41 Å². The van der Waals surface area contributed by atoms with E-state index in [1.807, 2.05) is 20.8 Å². The third kappa shape index (κ3) is 5.17. The van der Waals surface area contributed by atoms with Crippen molar-refractivity contribution in [2.75, 3.05) is 17.6 Å². The Balaban J connectivity index is 2.82. The Kier molecular flexibility index (Phi) is 6.13. The van der Waals surface area contributed by atoms with Crippen molar-refractivity contribution in [3.05, 3.63) is 0 Å². The Morgan fingerprint density at radius 2 is 1.72 bits per heavy atom. The first-order chi connectivity index (χ1) is 8.26. The van der Waals surface area contributed by atoms with Crippen molar-refractivity contribution in [3.63, 3.8) is 0 Å². The number of sulfonamides is 1. The van der Waals surface area contributed by atoms with E-state index in [1.54, 1.807) is 4.31 Å². The standard InChI is InChI=1S/C13H26BrNO2S/c1-13(2,3)11-18(16,17)15(10-9-14)12-7-5-4-6-8-12/h12H,4-11H2,1-3H3. The summed E-state index contributed by atoms with van der Waals surface area (Å²) in [6.45, 7) is 6.55. The monoisotopic (exact) mass is 339 g/mol. The SMILES string of the molecule is CC(C)(C)CS(=O)(=O)N(CCBr)C1CCCCC1. The molecule has 1 rings (SSSR count). The van der Waals surface area contributed by atoms with Gasteiger partial charge in [0.05, 0.1) is 5.75 Å².